The fraction of sp³-hybridized carbons (Fsp3) is 0.294. The number of aryl methyl sites for hydroxylation is 1. The number of fused-ring (bicyclic) bond motifs is 1. The molecule has 0 amide bonds. The predicted octanol–water partition coefficient (Wildman–Crippen LogP) is 4.24. The lowest BCUT2D eigenvalue weighted by Crippen LogP contribution is -2.05. The van der Waals surface area contributed by atoms with Gasteiger partial charge in [-0.3, -0.25) is 0 Å². The molecule has 0 unspecified atom stereocenters. The van der Waals surface area contributed by atoms with Crippen LogP contribution in [0, 0.1) is 6.92 Å². The number of ether oxygens (including phenoxy) is 1. The fourth-order valence-corrected chi connectivity index (χ4v) is 2.80. The highest BCUT2D eigenvalue weighted by atomic mass is 35.5. The van der Waals surface area contributed by atoms with E-state index in [1.54, 1.807) is 0 Å². The first-order chi connectivity index (χ1) is 9.72. The minimum atomic E-state index is 0.785. The highest BCUT2D eigenvalue weighted by Crippen LogP contribution is 2.26. The van der Waals surface area contributed by atoms with Gasteiger partial charge in [0.1, 0.15) is 5.75 Å². The van der Waals surface area contributed by atoms with Crippen molar-refractivity contribution in [1.82, 2.24) is 0 Å². The van der Waals surface area contributed by atoms with Gasteiger partial charge in [-0.1, -0.05) is 29.8 Å². The normalized spacial score (nSPS) is 12.9. The Bertz CT molecular complexity index is 624. The zero-order valence-electron chi connectivity index (χ0n) is 11.6. The van der Waals surface area contributed by atoms with Crippen LogP contribution in [0.25, 0.3) is 0 Å². The zero-order valence-corrected chi connectivity index (χ0v) is 12.3. The van der Waals surface area contributed by atoms with E-state index in [0.29, 0.717) is 0 Å². The van der Waals surface area contributed by atoms with Crippen molar-refractivity contribution in [2.24, 2.45) is 0 Å². The van der Waals surface area contributed by atoms with Gasteiger partial charge < -0.3 is 10.1 Å². The van der Waals surface area contributed by atoms with Gasteiger partial charge in [0.25, 0.3) is 0 Å². The first-order valence-corrected chi connectivity index (χ1v) is 7.35. The van der Waals surface area contributed by atoms with Gasteiger partial charge in [0, 0.05) is 13.0 Å². The summed E-state index contributed by atoms with van der Waals surface area (Å²) in [4.78, 5) is 0. The molecule has 1 aliphatic heterocycles. The second kappa shape index (κ2) is 5.76. The Hall–Kier alpha value is -1.67. The summed E-state index contributed by atoms with van der Waals surface area (Å²) < 4.78 is 5.52. The minimum absolute atomic E-state index is 0.785. The molecule has 0 spiro atoms. The number of hydrogen-bond donors (Lipinski definition) is 1. The lowest BCUT2D eigenvalue weighted by molar-refractivity contribution is 0.357. The van der Waals surface area contributed by atoms with Crippen molar-refractivity contribution in [2.45, 2.75) is 19.8 Å². The quantitative estimate of drug-likeness (QED) is 0.908. The molecule has 20 heavy (non-hydrogen) atoms. The lowest BCUT2D eigenvalue weighted by Gasteiger charge is -2.09. The first kappa shape index (κ1) is 13.3. The Balaban J connectivity index is 1.60. The Morgan fingerprint density at radius 2 is 2.10 bits per heavy atom. The van der Waals surface area contributed by atoms with Crippen molar-refractivity contribution >= 4 is 17.3 Å². The van der Waals surface area contributed by atoms with Crippen LogP contribution in [0.5, 0.6) is 5.75 Å². The summed E-state index contributed by atoms with van der Waals surface area (Å²) in [7, 11) is 0. The van der Waals surface area contributed by atoms with E-state index in [-0.39, 0.29) is 0 Å². The molecule has 2 nitrogen and oxygen atoms in total. The molecular weight excluding hydrogens is 270 g/mol. The third kappa shape index (κ3) is 2.91. The molecule has 1 N–H and O–H groups in total. The Labute approximate surface area is 124 Å². The molecule has 2 aromatic rings. The smallest absolute Gasteiger partial charge is 0.122 e. The van der Waals surface area contributed by atoms with Gasteiger partial charge in [-0.05, 0) is 48.2 Å². The Morgan fingerprint density at radius 1 is 1.20 bits per heavy atom. The van der Waals surface area contributed by atoms with E-state index in [0.717, 1.165) is 42.5 Å². The van der Waals surface area contributed by atoms with Crippen molar-refractivity contribution in [1.29, 1.82) is 0 Å². The molecule has 0 bridgehead atoms. The molecule has 1 heterocycles. The van der Waals surface area contributed by atoms with Crippen LogP contribution in [0.2, 0.25) is 5.02 Å². The summed E-state index contributed by atoms with van der Waals surface area (Å²) in [5, 5.41) is 4.18. The van der Waals surface area contributed by atoms with Crippen molar-refractivity contribution in [3.05, 3.63) is 58.1 Å². The molecule has 0 saturated heterocycles. The van der Waals surface area contributed by atoms with Crippen LogP contribution in [0.4, 0.5) is 5.69 Å². The van der Waals surface area contributed by atoms with Gasteiger partial charge in [-0.2, -0.15) is 0 Å². The predicted molar refractivity (Wildman–Crippen MR) is 84.0 cm³/mol. The van der Waals surface area contributed by atoms with E-state index in [1.807, 2.05) is 19.1 Å². The highest BCUT2D eigenvalue weighted by Gasteiger charge is 2.11. The summed E-state index contributed by atoms with van der Waals surface area (Å²) in [6, 6.07) is 12.6. The Morgan fingerprint density at radius 3 is 2.95 bits per heavy atom. The SMILES string of the molecule is Cc1ccc(NCCc2ccc3c(c2)CCO3)c(Cl)c1. The van der Waals surface area contributed by atoms with Crippen LogP contribution in [-0.2, 0) is 12.8 Å². The van der Waals surface area contributed by atoms with Crippen molar-refractivity contribution in [3.8, 4) is 5.75 Å². The second-order valence-corrected chi connectivity index (χ2v) is 5.61. The minimum Gasteiger partial charge on any atom is -0.493 e. The molecule has 0 radical (unpaired) electrons. The Kier molecular flexibility index (Phi) is 3.83. The third-order valence-corrected chi connectivity index (χ3v) is 3.92. The molecular formula is C17H18ClNO. The monoisotopic (exact) mass is 287 g/mol. The number of hydrogen-bond acceptors (Lipinski definition) is 2. The molecule has 3 rings (SSSR count). The van der Waals surface area contributed by atoms with Gasteiger partial charge in [-0.15, -0.1) is 0 Å². The first-order valence-electron chi connectivity index (χ1n) is 6.97. The summed E-state index contributed by atoms with van der Waals surface area (Å²) >= 11 is 6.21. The highest BCUT2D eigenvalue weighted by molar-refractivity contribution is 6.33. The summed E-state index contributed by atoms with van der Waals surface area (Å²) in [6.07, 6.45) is 2.01. The van der Waals surface area contributed by atoms with Crippen LogP contribution in [0.15, 0.2) is 36.4 Å². The molecule has 3 heteroatoms. The largest absolute Gasteiger partial charge is 0.493 e. The number of benzene rings is 2. The maximum absolute atomic E-state index is 6.21. The van der Waals surface area contributed by atoms with Gasteiger partial charge in [0.2, 0.25) is 0 Å². The average Bonchev–Trinajstić information content (AvgIpc) is 2.89. The summed E-state index contributed by atoms with van der Waals surface area (Å²) in [6.45, 7) is 3.74. The van der Waals surface area contributed by atoms with Gasteiger partial charge in [0.15, 0.2) is 0 Å². The van der Waals surface area contributed by atoms with Gasteiger partial charge in [0.05, 0.1) is 17.3 Å². The number of anilines is 1. The molecule has 0 aliphatic carbocycles. The maximum atomic E-state index is 6.21. The van der Waals surface area contributed by atoms with E-state index < -0.39 is 0 Å². The van der Waals surface area contributed by atoms with Crippen LogP contribution in [0.1, 0.15) is 16.7 Å². The fourth-order valence-electron chi connectivity index (χ4n) is 2.50. The van der Waals surface area contributed by atoms with Crippen molar-refractivity contribution < 1.29 is 4.74 Å². The summed E-state index contributed by atoms with van der Waals surface area (Å²) in [5.74, 6) is 1.04. The average molecular weight is 288 g/mol. The van der Waals surface area contributed by atoms with Crippen LogP contribution in [0.3, 0.4) is 0 Å². The summed E-state index contributed by atoms with van der Waals surface area (Å²) in [5.41, 5.74) is 4.85. The topological polar surface area (TPSA) is 21.3 Å². The van der Waals surface area contributed by atoms with E-state index in [1.165, 1.54) is 16.7 Å². The number of rotatable bonds is 4. The second-order valence-electron chi connectivity index (χ2n) is 5.20. The van der Waals surface area contributed by atoms with Crippen LogP contribution >= 0.6 is 11.6 Å². The molecule has 0 aromatic heterocycles. The van der Waals surface area contributed by atoms with E-state index in [4.69, 9.17) is 16.3 Å². The standard InChI is InChI=1S/C17H18ClNO/c1-12-2-4-16(15(18)10-12)19-8-6-13-3-5-17-14(11-13)7-9-20-17/h2-5,10-11,19H,6-9H2,1H3. The molecule has 0 saturated carbocycles. The van der Waals surface area contributed by atoms with E-state index in [2.05, 4.69) is 29.6 Å². The van der Waals surface area contributed by atoms with Gasteiger partial charge >= 0.3 is 0 Å². The maximum Gasteiger partial charge on any atom is 0.122 e. The zero-order chi connectivity index (χ0) is 13.9. The third-order valence-electron chi connectivity index (χ3n) is 3.61. The molecule has 2 aromatic carbocycles. The molecule has 104 valence electrons. The van der Waals surface area contributed by atoms with E-state index in [9.17, 15) is 0 Å². The van der Waals surface area contributed by atoms with Crippen LogP contribution < -0.4 is 10.1 Å². The van der Waals surface area contributed by atoms with Gasteiger partial charge in [-0.25, -0.2) is 0 Å². The van der Waals surface area contributed by atoms with Crippen molar-refractivity contribution in [2.75, 3.05) is 18.5 Å². The van der Waals surface area contributed by atoms with E-state index >= 15 is 0 Å². The number of halogens is 1. The van der Waals surface area contributed by atoms with Crippen molar-refractivity contribution in [3.63, 3.8) is 0 Å². The number of nitrogens with one attached hydrogen (secondary N) is 1. The lowest BCUT2D eigenvalue weighted by atomic mass is 10.1. The molecule has 1 aliphatic rings. The molecule has 0 atom stereocenters. The molecule has 0 fully saturated rings. The van der Waals surface area contributed by atoms with Crippen LogP contribution in [-0.4, -0.2) is 13.2 Å².